The minimum atomic E-state index is -0.410. The predicted molar refractivity (Wildman–Crippen MR) is 100 cm³/mol. The molecule has 0 unspecified atom stereocenters. The van der Waals surface area contributed by atoms with Crippen molar-refractivity contribution in [2.45, 2.75) is 20.3 Å². The number of rotatable bonds is 5. The van der Waals surface area contributed by atoms with Crippen molar-refractivity contribution in [3.8, 4) is 0 Å². The van der Waals surface area contributed by atoms with E-state index in [2.05, 4.69) is 5.32 Å². The summed E-state index contributed by atoms with van der Waals surface area (Å²) in [5.74, 6) is -0.559. The molecule has 1 amide bonds. The normalized spacial score (nSPS) is 10.8. The molecule has 0 saturated carbocycles. The van der Waals surface area contributed by atoms with Crippen molar-refractivity contribution in [3.05, 3.63) is 52.5 Å². The second kappa shape index (κ2) is 7.11. The number of thiophene rings is 1. The van der Waals surface area contributed by atoms with Gasteiger partial charge in [-0.2, -0.15) is 0 Å². The molecule has 0 bridgehead atoms. The quantitative estimate of drug-likeness (QED) is 0.705. The minimum Gasteiger partial charge on any atom is -0.462 e. The first-order valence-corrected chi connectivity index (χ1v) is 8.91. The van der Waals surface area contributed by atoms with Crippen LogP contribution in [0.15, 0.2) is 36.5 Å². The van der Waals surface area contributed by atoms with E-state index in [1.165, 1.54) is 11.3 Å². The molecule has 0 fully saturated rings. The summed E-state index contributed by atoms with van der Waals surface area (Å²) >= 11 is 1.38. The van der Waals surface area contributed by atoms with Crippen molar-refractivity contribution in [1.29, 1.82) is 0 Å². The van der Waals surface area contributed by atoms with Gasteiger partial charge in [-0.05, 0) is 31.5 Å². The number of carbonyl (C=O) groups excluding carboxylic acids is 2. The van der Waals surface area contributed by atoms with E-state index in [-0.39, 0.29) is 12.3 Å². The predicted octanol–water partition coefficient (Wildman–Crippen LogP) is 3.91. The lowest BCUT2D eigenvalue weighted by atomic mass is 10.1. The first-order chi connectivity index (χ1) is 12.0. The Hall–Kier alpha value is -2.60. The molecule has 0 spiro atoms. The molecule has 0 aliphatic rings. The van der Waals surface area contributed by atoms with Crippen LogP contribution in [0.3, 0.4) is 0 Å². The minimum absolute atomic E-state index is 0.149. The van der Waals surface area contributed by atoms with Crippen LogP contribution >= 0.6 is 11.3 Å². The monoisotopic (exact) mass is 356 g/mol. The highest BCUT2D eigenvalue weighted by molar-refractivity contribution is 7.16. The number of esters is 1. The van der Waals surface area contributed by atoms with Crippen molar-refractivity contribution in [3.63, 3.8) is 0 Å². The Morgan fingerprint density at radius 3 is 2.80 bits per heavy atom. The van der Waals surface area contributed by atoms with E-state index in [0.29, 0.717) is 17.2 Å². The van der Waals surface area contributed by atoms with Crippen molar-refractivity contribution in [1.82, 2.24) is 4.57 Å². The second-order valence-corrected chi connectivity index (χ2v) is 7.08. The van der Waals surface area contributed by atoms with Gasteiger partial charge in [-0.3, -0.25) is 4.79 Å². The number of anilines is 1. The summed E-state index contributed by atoms with van der Waals surface area (Å²) in [4.78, 5) is 25.5. The highest BCUT2D eigenvalue weighted by atomic mass is 32.1. The number of aryl methyl sites for hydroxylation is 2. The van der Waals surface area contributed by atoms with Crippen LogP contribution in [0, 0.1) is 6.92 Å². The molecular formula is C19H20N2O3S. The third-order valence-corrected chi connectivity index (χ3v) is 4.90. The van der Waals surface area contributed by atoms with E-state index in [0.717, 1.165) is 21.3 Å². The summed E-state index contributed by atoms with van der Waals surface area (Å²) in [5.41, 5.74) is 2.46. The van der Waals surface area contributed by atoms with Crippen LogP contribution in [-0.4, -0.2) is 23.1 Å². The Kier molecular flexibility index (Phi) is 4.90. The molecule has 6 heteroatoms. The molecule has 1 aromatic carbocycles. The van der Waals surface area contributed by atoms with Gasteiger partial charge in [-0.1, -0.05) is 18.2 Å². The van der Waals surface area contributed by atoms with Gasteiger partial charge < -0.3 is 14.6 Å². The van der Waals surface area contributed by atoms with Gasteiger partial charge >= 0.3 is 5.97 Å². The number of ether oxygens (including phenoxy) is 1. The van der Waals surface area contributed by atoms with Gasteiger partial charge in [-0.15, -0.1) is 11.3 Å². The zero-order valence-corrected chi connectivity index (χ0v) is 15.3. The average molecular weight is 356 g/mol. The van der Waals surface area contributed by atoms with Gasteiger partial charge in [0, 0.05) is 29.0 Å². The molecule has 3 aromatic rings. The van der Waals surface area contributed by atoms with E-state index in [4.69, 9.17) is 4.74 Å². The third-order valence-electron chi connectivity index (χ3n) is 3.93. The maximum absolute atomic E-state index is 12.5. The average Bonchev–Trinajstić information content (AvgIpc) is 3.09. The van der Waals surface area contributed by atoms with Crippen LogP contribution in [0.2, 0.25) is 0 Å². The smallest absolute Gasteiger partial charge is 0.341 e. The van der Waals surface area contributed by atoms with Crippen LogP contribution in [0.5, 0.6) is 0 Å². The van der Waals surface area contributed by atoms with Crippen LogP contribution in [0.25, 0.3) is 10.9 Å². The van der Waals surface area contributed by atoms with Crippen LogP contribution in [0.1, 0.15) is 27.7 Å². The fourth-order valence-electron chi connectivity index (χ4n) is 2.88. The number of nitrogens with zero attached hydrogens (tertiary/aromatic N) is 1. The molecule has 0 aliphatic carbocycles. The summed E-state index contributed by atoms with van der Waals surface area (Å²) in [6.07, 6.45) is 2.22. The lowest BCUT2D eigenvalue weighted by Gasteiger charge is -2.06. The molecule has 2 heterocycles. The first kappa shape index (κ1) is 17.2. The molecule has 1 N–H and O–H groups in total. The Bertz CT molecular complexity index is 939. The summed E-state index contributed by atoms with van der Waals surface area (Å²) in [6.45, 7) is 3.96. The first-order valence-electron chi connectivity index (χ1n) is 8.10. The molecule has 2 aromatic heterocycles. The van der Waals surface area contributed by atoms with Crippen molar-refractivity contribution in [2.75, 3.05) is 11.9 Å². The standard InChI is InChI=1S/C19H20N2O3S/c1-4-24-19(23)15-9-12(2)25-18(15)20-17(22)10-13-11-21(3)16-8-6-5-7-14(13)16/h5-9,11H,4,10H2,1-3H3,(H,20,22). The third kappa shape index (κ3) is 3.58. The number of nitrogens with one attached hydrogen (secondary N) is 1. The molecule has 25 heavy (non-hydrogen) atoms. The molecule has 0 atom stereocenters. The summed E-state index contributed by atoms with van der Waals surface area (Å²) < 4.78 is 7.07. The number of hydrogen-bond donors (Lipinski definition) is 1. The van der Waals surface area contributed by atoms with E-state index in [9.17, 15) is 9.59 Å². The van der Waals surface area contributed by atoms with E-state index in [1.807, 2.05) is 49.0 Å². The summed E-state index contributed by atoms with van der Waals surface area (Å²) in [5, 5.41) is 4.47. The maximum atomic E-state index is 12.5. The molecule has 5 nitrogen and oxygen atoms in total. The van der Waals surface area contributed by atoms with Crippen LogP contribution in [0.4, 0.5) is 5.00 Å². The largest absolute Gasteiger partial charge is 0.462 e. The van der Waals surface area contributed by atoms with Crippen LogP contribution in [-0.2, 0) is 23.0 Å². The maximum Gasteiger partial charge on any atom is 0.341 e. The van der Waals surface area contributed by atoms with Gasteiger partial charge in [-0.25, -0.2) is 4.79 Å². The summed E-state index contributed by atoms with van der Waals surface area (Å²) in [7, 11) is 1.96. The number of para-hydroxylation sites is 1. The lowest BCUT2D eigenvalue weighted by molar-refractivity contribution is -0.115. The Balaban J connectivity index is 1.80. The van der Waals surface area contributed by atoms with E-state index < -0.39 is 5.97 Å². The number of aromatic nitrogens is 1. The molecule has 130 valence electrons. The van der Waals surface area contributed by atoms with Gasteiger partial charge in [0.2, 0.25) is 5.91 Å². The fraction of sp³-hybridized carbons (Fsp3) is 0.263. The Morgan fingerprint density at radius 2 is 2.04 bits per heavy atom. The highest BCUT2D eigenvalue weighted by Crippen LogP contribution is 2.29. The van der Waals surface area contributed by atoms with Gasteiger partial charge in [0.1, 0.15) is 5.00 Å². The van der Waals surface area contributed by atoms with Gasteiger partial charge in [0.15, 0.2) is 0 Å². The van der Waals surface area contributed by atoms with Crippen LogP contribution < -0.4 is 5.32 Å². The van der Waals surface area contributed by atoms with Gasteiger partial charge in [0.25, 0.3) is 0 Å². The SMILES string of the molecule is CCOC(=O)c1cc(C)sc1NC(=O)Cc1cn(C)c2ccccc12. The number of carbonyl (C=O) groups is 2. The second-order valence-electron chi connectivity index (χ2n) is 5.83. The zero-order chi connectivity index (χ0) is 18.0. The topological polar surface area (TPSA) is 60.3 Å². The Morgan fingerprint density at radius 1 is 1.28 bits per heavy atom. The number of benzene rings is 1. The lowest BCUT2D eigenvalue weighted by Crippen LogP contribution is -2.16. The molecule has 3 rings (SSSR count). The molecule has 0 aliphatic heterocycles. The van der Waals surface area contributed by atoms with Gasteiger partial charge in [0.05, 0.1) is 18.6 Å². The number of amides is 1. The van der Waals surface area contributed by atoms with Crippen molar-refractivity contribution >= 4 is 39.1 Å². The highest BCUT2D eigenvalue weighted by Gasteiger charge is 2.18. The van der Waals surface area contributed by atoms with E-state index >= 15 is 0 Å². The molecular weight excluding hydrogens is 336 g/mol. The Labute approximate surface area is 150 Å². The zero-order valence-electron chi connectivity index (χ0n) is 14.5. The van der Waals surface area contributed by atoms with Crippen molar-refractivity contribution < 1.29 is 14.3 Å². The van der Waals surface area contributed by atoms with Crippen molar-refractivity contribution in [2.24, 2.45) is 7.05 Å². The number of fused-ring (bicyclic) bond motifs is 1. The summed E-state index contributed by atoms with van der Waals surface area (Å²) in [6, 6.07) is 9.73. The number of hydrogen-bond acceptors (Lipinski definition) is 4. The molecule has 0 saturated heterocycles. The fourth-order valence-corrected chi connectivity index (χ4v) is 3.79. The van der Waals surface area contributed by atoms with E-state index in [1.54, 1.807) is 13.0 Å². The molecule has 0 radical (unpaired) electrons.